The summed E-state index contributed by atoms with van der Waals surface area (Å²) >= 11 is 0. The second-order valence-electron chi connectivity index (χ2n) is 4.42. The van der Waals surface area contributed by atoms with Gasteiger partial charge in [-0.25, -0.2) is 0 Å². The lowest BCUT2D eigenvalue weighted by atomic mass is 10.2. The summed E-state index contributed by atoms with van der Waals surface area (Å²) in [5.74, 6) is -0.0904. The molecule has 106 valence electrons. The Morgan fingerprint density at radius 3 is 2.50 bits per heavy atom. The van der Waals surface area contributed by atoms with Crippen LogP contribution in [-0.2, 0) is 14.3 Å². The summed E-state index contributed by atoms with van der Waals surface area (Å²) in [7, 11) is 0. The number of hydrogen-bond donors (Lipinski definition) is 0. The summed E-state index contributed by atoms with van der Waals surface area (Å²) in [6.07, 6.45) is 5.80. The van der Waals surface area contributed by atoms with E-state index >= 15 is 0 Å². The number of carbonyl (C=O) groups excluding carboxylic acids is 2. The molecule has 0 aromatic carbocycles. The molecule has 0 rings (SSSR count). The number of esters is 1. The van der Waals surface area contributed by atoms with Crippen LogP contribution in [0.5, 0.6) is 0 Å². The normalized spacial score (nSPS) is 10.6. The van der Waals surface area contributed by atoms with Gasteiger partial charge in [0.2, 0.25) is 0 Å². The Labute approximate surface area is 111 Å². The van der Waals surface area contributed by atoms with E-state index in [1.165, 1.54) is 0 Å². The summed E-state index contributed by atoms with van der Waals surface area (Å²) < 4.78 is 5.09. The van der Waals surface area contributed by atoms with Crippen LogP contribution in [0.1, 0.15) is 52.4 Å². The number of ether oxygens (including phenoxy) is 1. The van der Waals surface area contributed by atoms with Crippen molar-refractivity contribution in [2.45, 2.75) is 52.4 Å². The van der Waals surface area contributed by atoms with E-state index < -0.39 is 0 Å². The molecule has 0 amide bonds. The minimum Gasteiger partial charge on any atom is -0.466 e. The van der Waals surface area contributed by atoms with Gasteiger partial charge in [-0.3, -0.25) is 4.79 Å². The van der Waals surface area contributed by atoms with E-state index in [-0.39, 0.29) is 5.97 Å². The fourth-order valence-electron chi connectivity index (χ4n) is 1.68. The van der Waals surface area contributed by atoms with Crippen LogP contribution in [0.25, 0.3) is 0 Å². The van der Waals surface area contributed by atoms with E-state index in [9.17, 15) is 9.59 Å². The average molecular weight is 257 g/mol. The Balaban J connectivity index is 3.53. The van der Waals surface area contributed by atoms with Crippen LogP contribution in [-0.4, -0.2) is 43.4 Å². The molecule has 18 heavy (non-hydrogen) atoms. The molecule has 0 saturated heterocycles. The second-order valence-corrected chi connectivity index (χ2v) is 4.42. The van der Waals surface area contributed by atoms with Gasteiger partial charge in [0.25, 0.3) is 0 Å². The van der Waals surface area contributed by atoms with Crippen molar-refractivity contribution in [1.29, 1.82) is 0 Å². The highest BCUT2D eigenvalue weighted by Crippen LogP contribution is 2.00. The SMILES string of the molecule is CCCCOC(=O)CCCN(CC)CCCC=O. The van der Waals surface area contributed by atoms with Gasteiger partial charge in [-0.2, -0.15) is 0 Å². The minimum absolute atomic E-state index is 0.0904. The maximum Gasteiger partial charge on any atom is 0.305 e. The Morgan fingerprint density at radius 1 is 1.17 bits per heavy atom. The van der Waals surface area contributed by atoms with Crippen LogP contribution < -0.4 is 0 Å². The van der Waals surface area contributed by atoms with Gasteiger partial charge < -0.3 is 14.4 Å². The first-order valence-corrected chi connectivity index (χ1v) is 7.06. The van der Waals surface area contributed by atoms with E-state index in [1.807, 2.05) is 0 Å². The molecule has 0 aliphatic heterocycles. The zero-order chi connectivity index (χ0) is 13.6. The van der Waals surface area contributed by atoms with Gasteiger partial charge in [0, 0.05) is 12.8 Å². The molecule has 0 radical (unpaired) electrons. The standard InChI is InChI=1S/C14H27NO3/c1-3-5-13-18-14(17)9-8-11-15(4-2)10-6-7-12-16/h12H,3-11,13H2,1-2H3. The van der Waals surface area contributed by atoms with Crippen molar-refractivity contribution in [3.05, 3.63) is 0 Å². The van der Waals surface area contributed by atoms with E-state index in [4.69, 9.17) is 4.74 Å². The minimum atomic E-state index is -0.0904. The van der Waals surface area contributed by atoms with Crippen LogP contribution in [0.15, 0.2) is 0 Å². The third-order valence-electron chi connectivity index (χ3n) is 2.86. The zero-order valence-corrected chi connectivity index (χ0v) is 11.8. The highest BCUT2D eigenvalue weighted by Gasteiger charge is 2.05. The first-order valence-electron chi connectivity index (χ1n) is 7.06. The molecule has 0 unspecified atom stereocenters. The predicted molar refractivity (Wildman–Crippen MR) is 72.5 cm³/mol. The lowest BCUT2D eigenvalue weighted by Crippen LogP contribution is -2.26. The number of carbonyl (C=O) groups is 2. The van der Waals surface area contributed by atoms with Crippen molar-refractivity contribution in [1.82, 2.24) is 4.90 Å². The summed E-state index contributed by atoms with van der Waals surface area (Å²) in [6.45, 7) is 7.51. The smallest absolute Gasteiger partial charge is 0.305 e. The summed E-state index contributed by atoms with van der Waals surface area (Å²) in [6, 6.07) is 0. The molecular weight excluding hydrogens is 230 g/mol. The Hall–Kier alpha value is -0.900. The lowest BCUT2D eigenvalue weighted by molar-refractivity contribution is -0.143. The van der Waals surface area contributed by atoms with E-state index in [2.05, 4.69) is 18.7 Å². The topological polar surface area (TPSA) is 46.6 Å². The maximum atomic E-state index is 11.4. The fraction of sp³-hybridized carbons (Fsp3) is 0.857. The van der Waals surface area contributed by atoms with Crippen molar-refractivity contribution in [2.24, 2.45) is 0 Å². The van der Waals surface area contributed by atoms with Crippen molar-refractivity contribution in [3.63, 3.8) is 0 Å². The van der Waals surface area contributed by atoms with E-state index in [0.29, 0.717) is 19.4 Å². The molecule has 0 atom stereocenters. The van der Waals surface area contributed by atoms with Crippen molar-refractivity contribution >= 4 is 12.3 Å². The van der Waals surface area contributed by atoms with Gasteiger partial charge >= 0.3 is 5.97 Å². The highest BCUT2D eigenvalue weighted by atomic mass is 16.5. The second kappa shape index (κ2) is 12.6. The Bertz CT molecular complexity index is 219. The molecule has 0 aliphatic carbocycles. The summed E-state index contributed by atoms with van der Waals surface area (Å²) in [4.78, 5) is 23.9. The van der Waals surface area contributed by atoms with Crippen molar-refractivity contribution in [2.75, 3.05) is 26.2 Å². The monoisotopic (exact) mass is 257 g/mol. The highest BCUT2D eigenvalue weighted by molar-refractivity contribution is 5.69. The molecule has 0 heterocycles. The molecule has 4 nitrogen and oxygen atoms in total. The number of aldehydes is 1. The Kier molecular flexibility index (Phi) is 11.9. The van der Waals surface area contributed by atoms with Crippen LogP contribution in [0.3, 0.4) is 0 Å². The maximum absolute atomic E-state index is 11.4. The largest absolute Gasteiger partial charge is 0.466 e. The van der Waals surface area contributed by atoms with Crippen LogP contribution in [0.4, 0.5) is 0 Å². The molecule has 0 N–H and O–H groups in total. The molecule has 0 saturated carbocycles. The number of nitrogens with zero attached hydrogens (tertiary/aromatic N) is 1. The van der Waals surface area contributed by atoms with Gasteiger partial charge in [0.1, 0.15) is 6.29 Å². The molecule has 0 fully saturated rings. The summed E-state index contributed by atoms with van der Waals surface area (Å²) in [5, 5.41) is 0. The van der Waals surface area contributed by atoms with Gasteiger partial charge in [0.05, 0.1) is 6.61 Å². The lowest BCUT2D eigenvalue weighted by Gasteiger charge is -2.19. The summed E-state index contributed by atoms with van der Waals surface area (Å²) in [5.41, 5.74) is 0. The van der Waals surface area contributed by atoms with Crippen LogP contribution in [0.2, 0.25) is 0 Å². The van der Waals surface area contributed by atoms with Gasteiger partial charge in [-0.15, -0.1) is 0 Å². The van der Waals surface area contributed by atoms with Crippen LogP contribution >= 0.6 is 0 Å². The van der Waals surface area contributed by atoms with Crippen molar-refractivity contribution < 1.29 is 14.3 Å². The van der Waals surface area contributed by atoms with Gasteiger partial charge in [-0.05, 0) is 38.9 Å². The molecule has 0 aromatic rings. The van der Waals surface area contributed by atoms with Crippen LogP contribution in [0, 0.1) is 0 Å². The fourth-order valence-corrected chi connectivity index (χ4v) is 1.68. The Morgan fingerprint density at radius 2 is 1.89 bits per heavy atom. The molecule has 0 aliphatic rings. The van der Waals surface area contributed by atoms with Gasteiger partial charge in [-0.1, -0.05) is 20.3 Å². The predicted octanol–water partition coefficient (Wildman–Crippen LogP) is 2.41. The molecule has 0 spiro atoms. The molecular formula is C14H27NO3. The molecule has 0 aromatic heterocycles. The first kappa shape index (κ1) is 17.1. The number of unbranched alkanes of at least 4 members (excludes halogenated alkanes) is 2. The average Bonchev–Trinajstić information content (AvgIpc) is 2.37. The first-order chi connectivity index (χ1) is 8.74. The van der Waals surface area contributed by atoms with E-state index in [0.717, 1.165) is 51.6 Å². The third-order valence-corrected chi connectivity index (χ3v) is 2.86. The van der Waals surface area contributed by atoms with Crippen molar-refractivity contribution in [3.8, 4) is 0 Å². The third kappa shape index (κ3) is 10.3. The van der Waals surface area contributed by atoms with Gasteiger partial charge in [0.15, 0.2) is 0 Å². The zero-order valence-electron chi connectivity index (χ0n) is 11.8. The number of hydrogen-bond acceptors (Lipinski definition) is 4. The quantitative estimate of drug-likeness (QED) is 0.306. The molecule has 4 heteroatoms. The van der Waals surface area contributed by atoms with E-state index in [1.54, 1.807) is 0 Å². The number of rotatable bonds is 12. The molecule has 0 bridgehead atoms.